The summed E-state index contributed by atoms with van der Waals surface area (Å²) >= 11 is 0. The molecule has 1 atom stereocenters. The molecule has 5 nitrogen and oxygen atoms in total. The van der Waals surface area contributed by atoms with Gasteiger partial charge in [-0.05, 0) is 55.7 Å². The number of aryl methyl sites for hydroxylation is 1. The first kappa shape index (κ1) is 19.0. The van der Waals surface area contributed by atoms with Crippen molar-refractivity contribution < 1.29 is 4.79 Å². The second-order valence-corrected chi connectivity index (χ2v) is 8.62. The molecule has 1 amide bonds. The van der Waals surface area contributed by atoms with Gasteiger partial charge in [0.05, 0.1) is 0 Å². The van der Waals surface area contributed by atoms with Crippen LogP contribution in [0.3, 0.4) is 0 Å². The third-order valence-electron chi connectivity index (χ3n) is 6.12. The van der Waals surface area contributed by atoms with E-state index in [1.165, 1.54) is 29.9 Å². The fraction of sp³-hybridized carbons (Fsp3) is 0.565. The number of benzene rings is 1. The van der Waals surface area contributed by atoms with Crippen molar-refractivity contribution in [3.05, 3.63) is 48.0 Å². The number of hydrogen-bond acceptors (Lipinski definition) is 3. The highest BCUT2D eigenvalue weighted by molar-refractivity contribution is 5.76. The summed E-state index contributed by atoms with van der Waals surface area (Å²) < 4.78 is 2.34. The average molecular weight is 381 g/mol. The number of piperidine rings is 1. The summed E-state index contributed by atoms with van der Waals surface area (Å²) in [5.41, 5.74) is 2.42. The maximum absolute atomic E-state index is 12.8. The summed E-state index contributed by atoms with van der Waals surface area (Å²) in [5.74, 6) is 2.68. The molecule has 1 aliphatic carbocycles. The van der Waals surface area contributed by atoms with Gasteiger partial charge in [-0.25, -0.2) is 4.98 Å². The van der Waals surface area contributed by atoms with E-state index in [0.29, 0.717) is 12.3 Å². The van der Waals surface area contributed by atoms with E-state index in [9.17, 15) is 4.79 Å². The van der Waals surface area contributed by atoms with Gasteiger partial charge in [0, 0.05) is 64.1 Å². The molecule has 0 bridgehead atoms. The molecular formula is C23H32N4O. The minimum Gasteiger partial charge on any atom is -0.378 e. The number of carbonyl (C=O) groups is 1. The molecule has 2 aliphatic rings. The van der Waals surface area contributed by atoms with E-state index in [-0.39, 0.29) is 5.91 Å². The first-order valence-electron chi connectivity index (χ1n) is 10.6. The lowest BCUT2D eigenvalue weighted by molar-refractivity contribution is -0.132. The molecule has 2 heterocycles. The summed E-state index contributed by atoms with van der Waals surface area (Å²) in [7, 11) is 4.09. The highest BCUT2D eigenvalue weighted by Gasteiger charge is 2.29. The first-order chi connectivity index (χ1) is 13.6. The Morgan fingerprint density at radius 3 is 2.68 bits per heavy atom. The monoisotopic (exact) mass is 380 g/mol. The van der Waals surface area contributed by atoms with Gasteiger partial charge in [0.15, 0.2) is 0 Å². The Balaban J connectivity index is 1.32. The lowest BCUT2D eigenvalue weighted by Crippen LogP contribution is -2.39. The molecule has 0 N–H and O–H groups in total. The van der Waals surface area contributed by atoms with Crippen LogP contribution in [-0.2, 0) is 17.8 Å². The van der Waals surface area contributed by atoms with Gasteiger partial charge in [-0.15, -0.1) is 0 Å². The number of likely N-dealkylation sites (tertiary alicyclic amines) is 1. The van der Waals surface area contributed by atoms with Crippen molar-refractivity contribution in [1.29, 1.82) is 0 Å². The fourth-order valence-electron chi connectivity index (χ4n) is 4.20. The van der Waals surface area contributed by atoms with E-state index in [1.807, 2.05) is 20.3 Å². The Kier molecular flexibility index (Phi) is 5.69. The van der Waals surface area contributed by atoms with Crippen LogP contribution < -0.4 is 4.90 Å². The predicted molar refractivity (Wildman–Crippen MR) is 113 cm³/mol. The zero-order valence-electron chi connectivity index (χ0n) is 17.2. The molecule has 2 fully saturated rings. The van der Waals surface area contributed by atoms with Crippen molar-refractivity contribution in [1.82, 2.24) is 14.5 Å². The van der Waals surface area contributed by atoms with Crippen LogP contribution in [-0.4, -0.2) is 47.5 Å². The number of aromatic nitrogens is 2. The topological polar surface area (TPSA) is 41.4 Å². The molecule has 5 heteroatoms. The van der Waals surface area contributed by atoms with Gasteiger partial charge < -0.3 is 14.4 Å². The van der Waals surface area contributed by atoms with Crippen LogP contribution in [0.2, 0.25) is 0 Å². The Labute approximate surface area is 168 Å². The number of rotatable bonds is 7. The molecule has 150 valence electrons. The van der Waals surface area contributed by atoms with E-state index >= 15 is 0 Å². The Hall–Kier alpha value is -2.30. The first-order valence-corrected chi connectivity index (χ1v) is 10.6. The number of imidazole rings is 1. The van der Waals surface area contributed by atoms with Gasteiger partial charge in [0.2, 0.25) is 5.91 Å². The number of carbonyl (C=O) groups excluding carboxylic acids is 1. The Bertz CT molecular complexity index is 791. The summed E-state index contributed by atoms with van der Waals surface area (Å²) in [4.78, 5) is 21.6. The SMILES string of the molecule is CN(C)c1ccc(CCC(=O)N2CCCC(c3nccn3CC3CC3)C2)cc1. The molecule has 2 aromatic rings. The van der Waals surface area contributed by atoms with Crippen molar-refractivity contribution in [2.75, 3.05) is 32.1 Å². The summed E-state index contributed by atoms with van der Waals surface area (Å²) in [5, 5.41) is 0. The molecule has 1 aromatic carbocycles. The van der Waals surface area contributed by atoms with Crippen LogP contribution in [0, 0.1) is 5.92 Å². The van der Waals surface area contributed by atoms with E-state index in [0.717, 1.165) is 44.8 Å². The third kappa shape index (κ3) is 4.57. The normalized spacial score (nSPS) is 19.6. The van der Waals surface area contributed by atoms with Crippen LogP contribution >= 0.6 is 0 Å². The van der Waals surface area contributed by atoms with E-state index in [4.69, 9.17) is 0 Å². The van der Waals surface area contributed by atoms with E-state index in [2.05, 4.69) is 49.8 Å². The van der Waals surface area contributed by atoms with Crippen molar-refractivity contribution in [2.24, 2.45) is 5.92 Å². The van der Waals surface area contributed by atoms with E-state index in [1.54, 1.807) is 0 Å². The molecule has 1 saturated heterocycles. The van der Waals surface area contributed by atoms with Crippen LogP contribution in [0.1, 0.15) is 49.4 Å². The molecular weight excluding hydrogens is 348 g/mol. The summed E-state index contributed by atoms with van der Waals surface area (Å²) in [6.07, 6.45) is 10.3. The lowest BCUT2D eigenvalue weighted by Gasteiger charge is -2.33. The smallest absolute Gasteiger partial charge is 0.222 e. The summed E-state index contributed by atoms with van der Waals surface area (Å²) in [6, 6.07) is 8.51. The Morgan fingerprint density at radius 2 is 1.96 bits per heavy atom. The van der Waals surface area contributed by atoms with Gasteiger partial charge >= 0.3 is 0 Å². The van der Waals surface area contributed by atoms with Gasteiger partial charge in [-0.3, -0.25) is 4.79 Å². The van der Waals surface area contributed by atoms with Gasteiger partial charge in [0.1, 0.15) is 5.82 Å². The maximum Gasteiger partial charge on any atom is 0.222 e. The zero-order valence-corrected chi connectivity index (χ0v) is 17.2. The van der Waals surface area contributed by atoms with Crippen LogP contribution in [0.5, 0.6) is 0 Å². The van der Waals surface area contributed by atoms with Crippen LogP contribution in [0.25, 0.3) is 0 Å². The van der Waals surface area contributed by atoms with Gasteiger partial charge in [-0.1, -0.05) is 12.1 Å². The molecule has 28 heavy (non-hydrogen) atoms. The molecule has 0 spiro atoms. The number of hydrogen-bond donors (Lipinski definition) is 0. The van der Waals surface area contributed by atoms with Crippen LogP contribution in [0.4, 0.5) is 5.69 Å². The zero-order chi connectivity index (χ0) is 19.5. The molecule has 1 aromatic heterocycles. The van der Waals surface area contributed by atoms with Crippen molar-refractivity contribution >= 4 is 11.6 Å². The predicted octanol–water partition coefficient (Wildman–Crippen LogP) is 3.70. The quantitative estimate of drug-likeness (QED) is 0.735. The third-order valence-corrected chi connectivity index (χ3v) is 6.12. The standard InChI is InChI=1S/C23H32N4O/c1-25(2)21-10-7-18(8-11-21)9-12-22(28)26-14-3-4-20(17-26)23-24-13-15-27(23)16-19-5-6-19/h7-8,10-11,13,15,19-20H,3-6,9,12,14,16-17H2,1-2H3. The van der Waals surface area contributed by atoms with Crippen molar-refractivity contribution in [3.8, 4) is 0 Å². The van der Waals surface area contributed by atoms with Gasteiger partial charge in [0.25, 0.3) is 0 Å². The molecule has 1 saturated carbocycles. The number of amides is 1. The highest BCUT2D eigenvalue weighted by Crippen LogP contribution is 2.33. The van der Waals surface area contributed by atoms with E-state index < -0.39 is 0 Å². The second-order valence-electron chi connectivity index (χ2n) is 8.62. The largest absolute Gasteiger partial charge is 0.378 e. The van der Waals surface area contributed by atoms with Gasteiger partial charge in [-0.2, -0.15) is 0 Å². The van der Waals surface area contributed by atoms with Crippen molar-refractivity contribution in [2.45, 2.75) is 51.0 Å². The number of anilines is 1. The molecule has 1 aliphatic heterocycles. The van der Waals surface area contributed by atoms with Crippen LogP contribution in [0.15, 0.2) is 36.7 Å². The average Bonchev–Trinajstić information content (AvgIpc) is 3.41. The molecule has 1 unspecified atom stereocenters. The lowest BCUT2D eigenvalue weighted by atomic mass is 9.96. The maximum atomic E-state index is 12.8. The second kappa shape index (κ2) is 8.38. The minimum absolute atomic E-state index is 0.279. The summed E-state index contributed by atoms with van der Waals surface area (Å²) in [6.45, 7) is 2.81. The molecule has 0 radical (unpaired) electrons. The van der Waals surface area contributed by atoms with Crippen molar-refractivity contribution in [3.63, 3.8) is 0 Å². The molecule has 4 rings (SSSR count). The highest BCUT2D eigenvalue weighted by atomic mass is 16.2. The number of nitrogens with zero attached hydrogens (tertiary/aromatic N) is 4. The Morgan fingerprint density at radius 1 is 1.18 bits per heavy atom. The fourth-order valence-corrected chi connectivity index (χ4v) is 4.20. The minimum atomic E-state index is 0.279.